The van der Waals surface area contributed by atoms with Crippen LogP contribution in [0.15, 0.2) is 12.1 Å². The van der Waals surface area contributed by atoms with E-state index in [-0.39, 0.29) is 10.8 Å². The minimum absolute atomic E-state index is 0.138. The Kier molecular flexibility index (Phi) is 3.38. The maximum absolute atomic E-state index is 13.9. The van der Waals surface area contributed by atoms with Crippen molar-refractivity contribution in [3.63, 3.8) is 0 Å². The van der Waals surface area contributed by atoms with Gasteiger partial charge in [-0.15, -0.1) is 11.6 Å². The lowest BCUT2D eigenvalue weighted by Gasteiger charge is -2.21. The van der Waals surface area contributed by atoms with Crippen LogP contribution < -0.4 is 0 Å². The molecule has 0 aliphatic heterocycles. The molecule has 2 aromatic rings. The monoisotopic (exact) mass is 326 g/mol. The molecule has 0 N–H and O–H groups in total. The first-order chi connectivity index (χ1) is 10.2. The second kappa shape index (κ2) is 5.13. The van der Waals surface area contributed by atoms with Gasteiger partial charge in [-0.2, -0.15) is 0 Å². The Morgan fingerprint density at radius 2 is 1.90 bits per heavy atom. The highest BCUT2D eigenvalue weighted by Crippen LogP contribution is 2.53. The molecule has 0 amide bonds. The lowest BCUT2D eigenvalue weighted by atomic mass is 10.1. The fourth-order valence-electron chi connectivity index (χ4n) is 3.42. The predicted molar refractivity (Wildman–Crippen MR) is 83.6 cm³/mol. The van der Waals surface area contributed by atoms with Gasteiger partial charge in [0.1, 0.15) is 11.6 Å². The van der Waals surface area contributed by atoms with Crippen molar-refractivity contribution in [3.05, 3.63) is 28.8 Å². The van der Waals surface area contributed by atoms with Crippen molar-refractivity contribution in [3.8, 4) is 0 Å². The number of aromatic nitrogens is 2. The van der Waals surface area contributed by atoms with Crippen molar-refractivity contribution in [2.24, 2.45) is 11.8 Å². The van der Waals surface area contributed by atoms with Gasteiger partial charge < -0.3 is 4.57 Å². The summed E-state index contributed by atoms with van der Waals surface area (Å²) in [6.07, 6.45) is 5.81. The number of aryl methyl sites for hydroxylation is 1. The van der Waals surface area contributed by atoms with Gasteiger partial charge in [0.2, 0.25) is 0 Å². The van der Waals surface area contributed by atoms with Gasteiger partial charge in [0, 0.05) is 24.4 Å². The molecular weight excluding hydrogens is 310 g/mol. The Balaban J connectivity index is 1.90. The van der Waals surface area contributed by atoms with Crippen molar-refractivity contribution in [2.45, 2.75) is 38.1 Å². The van der Waals surface area contributed by atoms with E-state index in [1.807, 2.05) is 0 Å². The summed E-state index contributed by atoms with van der Waals surface area (Å²) in [4.78, 5) is 4.67. The molecule has 2 aliphatic rings. The van der Waals surface area contributed by atoms with E-state index in [1.165, 1.54) is 25.7 Å². The highest BCUT2D eigenvalue weighted by molar-refractivity contribution is 6.31. The van der Waals surface area contributed by atoms with E-state index in [9.17, 15) is 4.39 Å². The molecule has 0 unspecified atom stereocenters. The van der Waals surface area contributed by atoms with Crippen LogP contribution in [0, 0.1) is 17.7 Å². The molecule has 2 aliphatic carbocycles. The van der Waals surface area contributed by atoms with Crippen LogP contribution in [0.3, 0.4) is 0 Å². The topological polar surface area (TPSA) is 17.8 Å². The number of hydrogen-bond acceptors (Lipinski definition) is 1. The van der Waals surface area contributed by atoms with Crippen LogP contribution in [-0.2, 0) is 6.42 Å². The van der Waals surface area contributed by atoms with Gasteiger partial charge in [0.25, 0.3) is 0 Å². The van der Waals surface area contributed by atoms with Crippen molar-refractivity contribution < 1.29 is 4.39 Å². The van der Waals surface area contributed by atoms with E-state index in [2.05, 4.69) is 9.55 Å². The van der Waals surface area contributed by atoms with Crippen LogP contribution in [0.5, 0.6) is 0 Å². The molecule has 1 heterocycles. The minimum atomic E-state index is -0.368. The minimum Gasteiger partial charge on any atom is -0.324 e. The number of hydrogen-bond donors (Lipinski definition) is 0. The lowest BCUT2D eigenvalue weighted by molar-refractivity contribution is 0.393. The average molecular weight is 327 g/mol. The fraction of sp³-hybridized carbons (Fsp3) is 0.562. The van der Waals surface area contributed by atoms with Gasteiger partial charge >= 0.3 is 0 Å². The van der Waals surface area contributed by atoms with Gasteiger partial charge in [-0.3, -0.25) is 0 Å². The molecule has 0 radical (unpaired) electrons. The number of halogens is 3. The number of nitrogens with zero attached hydrogens (tertiary/aromatic N) is 2. The smallest absolute Gasteiger partial charge is 0.144 e. The molecule has 2 fully saturated rings. The molecule has 112 valence electrons. The van der Waals surface area contributed by atoms with E-state index in [1.54, 1.807) is 12.1 Å². The van der Waals surface area contributed by atoms with Crippen LogP contribution in [0.2, 0.25) is 5.02 Å². The molecule has 21 heavy (non-hydrogen) atoms. The van der Waals surface area contributed by atoms with Gasteiger partial charge in [-0.25, -0.2) is 9.37 Å². The summed E-state index contributed by atoms with van der Waals surface area (Å²) >= 11 is 11.8. The standard InChI is InChI=1S/C16H17Cl2FN2/c17-6-5-15-20-13-7-11(18)12(19)8-14(13)21(15)16(9-1-2-9)10-3-4-10/h7-10,16H,1-6H2. The zero-order chi connectivity index (χ0) is 14.6. The summed E-state index contributed by atoms with van der Waals surface area (Å²) in [6.45, 7) is 0. The summed E-state index contributed by atoms with van der Waals surface area (Å²) in [7, 11) is 0. The van der Waals surface area contributed by atoms with Crippen LogP contribution in [0.25, 0.3) is 11.0 Å². The van der Waals surface area contributed by atoms with E-state index >= 15 is 0 Å². The van der Waals surface area contributed by atoms with Gasteiger partial charge in [-0.1, -0.05) is 11.6 Å². The molecular formula is C16H17Cl2FN2. The molecule has 0 bridgehead atoms. The number of imidazole rings is 1. The van der Waals surface area contributed by atoms with Gasteiger partial charge in [0.05, 0.1) is 16.1 Å². The second-order valence-corrected chi connectivity index (χ2v) is 7.04. The van der Waals surface area contributed by atoms with Gasteiger partial charge in [-0.05, 0) is 43.6 Å². The molecule has 0 spiro atoms. The van der Waals surface area contributed by atoms with Crippen molar-refractivity contribution in [1.29, 1.82) is 0 Å². The number of fused-ring (bicyclic) bond motifs is 1. The predicted octanol–water partition coefficient (Wildman–Crippen LogP) is 4.97. The third kappa shape index (κ3) is 2.44. The van der Waals surface area contributed by atoms with Gasteiger partial charge in [0.15, 0.2) is 0 Å². The molecule has 0 atom stereocenters. The lowest BCUT2D eigenvalue weighted by Crippen LogP contribution is -2.17. The molecule has 5 heteroatoms. The molecule has 0 saturated heterocycles. The SMILES string of the molecule is Fc1cc2c(cc1Cl)nc(CCCl)n2C(C1CC1)C1CC1. The number of benzene rings is 1. The summed E-state index contributed by atoms with van der Waals surface area (Å²) in [5, 5.41) is 0.138. The van der Waals surface area contributed by atoms with E-state index in [4.69, 9.17) is 23.2 Å². The largest absolute Gasteiger partial charge is 0.324 e. The maximum atomic E-state index is 13.9. The van der Waals surface area contributed by atoms with Crippen molar-refractivity contribution in [1.82, 2.24) is 9.55 Å². The zero-order valence-electron chi connectivity index (χ0n) is 11.7. The fourth-order valence-corrected chi connectivity index (χ4v) is 3.74. The number of rotatable bonds is 5. The normalized spacial score (nSPS) is 18.9. The summed E-state index contributed by atoms with van der Waals surface area (Å²) in [5.41, 5.74) is 1.66. The molecule has 4 rings (SSSR count). The number of alkyl halides is 1. The molecule has 2 nitrogen and oxygen atoms in total. The highest BCUT2D eigenvalue weighted by atomic mass is 35.5. The van der Waals surface area contributed by atoms with Crippen LogP contribution in [0.1, 0.15) is 37.5 Å². The second-order valence-electron chi connectivity index (χ2n) is 6.26. The van der Waals surface area contributed by atoms with Crippen molar-refractivity contribution in [2.75, 3.05) is 5.88 Å². The third-order valence-corrected chi connectivity index (χ3v) is 5.11. The van der Waals surface area contributed by atoms with Crippen LogP contribution >= 0.6 is 23.2 Å². The average Bonchev–Trinajstić information content (AvgIpc) is 3.34. The molecule has 1 aromatic heterocycles. The first kappa shape index (κ1) is 13.8. The maximum Gasteiger partial charge on any atom is 0.144 e. The zero-order valence-corrected chi connectivity index (χ0v) is 13.2. The highest BCUT2D eigenvalue weighted by Gasteiger charge is 2.43. The summed E-state index contributed by atoms with van der Waals surface area (Å²) in [6, 6.07) is 3.64. The Labute approximate surface area is 133 Å². The molecule has 2 saturated carbocycles. The first-order valence-electron chi connectivity index (χ1n) is 7.61. The van der Waals surface area contributed by atoms with Crippen molar-refractivity contribution >= 4 is 34.2 Å². The van der Waals surface area contributed by atoms with E-state index in [0.717, 1.165) is 28.7 Å². The van der Waals surface area contributed by atoms with Crippen LogP contribution in [-0.4, -0.2) is 15.4 Å². The summed E-state index contributed by atoms with van der Waals surface area (Å²) in [5.74, 6) is 2.59. The Morgan fingerprint density at radius 1 is 1.24 bits per heavy atom. The quantitative estimate of drug-likeness (QED) is 0.709. The Hall–Kier alpha value is -0.800. The van der Waals surface area contributed by atoms with E-state index in [0.29, 0.717) is 18.3 Å². The Bertz CT molecular complexity index is 677. The summed E-state index contributed by atoms with van der Waals surface area (Å²) < 4.78 is 16.2. The van der Waals surface area contributed by atoms with Crippen LogP contribution in [0.4, 0.5) is 4.39 Å². The van der Waals surface area contributed by atoms with E-state index < -0.39 is 0 Å². The third-order valence-electron chi connectivity index (χ3n) is 4.63. The molecule has 1 aromatic carbocycles. The Morgan fingerprint density at radius 3 is 2.48 bits per heavy atom. The first-order valence-corrected chi connectivity index (χ1v) is 8.52.